The number of para-hydroxylation sites is 1. The van der Waals surface area contributed by atoms with Gasteiger partial charge in [-0.05, 0) is 12.1 Å². The molecule has 1 aliphatic rings. The van der Waals surface area contributed by atoms with Gasteiger partial charge in [-0.1, -0.05) is 18.2 Å². The molecule has 9 heteroatoms. The number of methoxy groups -OCH3 is 1. The molecule has 0 bridgehead atoms. The third kappa shape index (κ3) is 7.58. The summed E-state index contributed by atoms with van der Waals surface area (Å²) in [6, 6.07) is 8.75. The predicted octanol–water partition coefficient (Wildman–Crippen LogP) is 0.587. The molecule has 2 amide bonds. The van der Waals surface area contributed by atoms with Gasteiger partial charge < -0.3 is 20.7 Å². The molecule has 1 aromatic rings. The molecule has 1 aliphatic heterocycles. The fourth-order valence-corrected chi connectivity index (χ4v) is 2.54. The number of piperazine rings is 1. The molecule has 1 aromatic carbocycles. The van der Waals surface area contributed by atoms with Crippen LogP contribution in [0.25, 0.3) is 0 Å². The predicted molar refractivity (Wildman–Crippen MR) is 102 cm³/mol. The van der Waals surface area contributed by atoms with E-state index in [1.165, 1.54) is 7.11 Å². The van der Waals surface area contributed by atoms with E-state index in [0.29, 0.717) is 32.7 Å². The van der Waals surface area contributed by atoms with Gasteiger partial charge in [-0.15, -0.1) is 24.8 Å². The Balaban J connectivity index is 0.00000288. The number of hydrogen-bond acceptors (Lipinski definition) is 5. The van der Waals surface area contributed by atoms with Crippen molar-refractivity contribution in [3.63, 3.8) is 0 Å². The summed E-state index contributed by atoms with van der Waals surface area (Å²) in [6.07, 6.45) is 0. The van der Waals surface area contributed by atoms with Crippen molar-refractivity contribution in [2.24, 2.45) is 5.73 Å². The molecule has 1 unspecified atom stereocenters. The summed E-state index contributed by atoms with van der Waals surface area (Å²) in [6.45, 7) is 3.02. The molecule has 25 heavy (non-hydrogen) atoms. The quantitative estimate of drug-likeness (QED) is 0.739. The van der Waals surface area contributed by atoms with E-state index < -0.39 is 6.04 Å². The monoisotopic (exact) mass is 392 g/mol. The summed E-state index contributed by atoms with van der Waals surface area (Å²) in [4.78, 5) is 27.9. The molecular formula is C16H26Cl2N4O3. The summed E-state index contributed by atoms with van der Waals surface area (Å²) in [5.41, 5.74) is 6.55. The minimum Gasteiger partial charge on any atom is -0.383 e. The molecule has 1 atom stereocenters. The number of nitrogens with one attached hydrogen (secondary N) is 1. The molecule has 3 N–H and O–H groups in total. The average molecular weight is 393 g/mol. The minimum absolute atomic E-state index is 0. The highest BCUT2D eigenvalue weighted by Crippen LogP contribution is 2.07. The van der Waals surface area contributed by atoms with Crippen LogP contribution >= 0.6 is 24.8 Å². The number of ether oxygens (including phenoxy) is 1. The number of rotatable bonds is 6. The smallest absolute Gasteiger partial charge is 0.241 e. The number of nitrogens with two attached hydrogens (primary N) is 1. The van der Waals surface area contributed by atoms with Crippen LogP contribution < -0.4 is 11.1 Å². The lowest BCUT2D eigenvalue weighted by Gasteiger charge is -2.35. The van der Waals surface area contributed by atoms with E-state index in [1.54, 1.807) is 4.90 Å². The summed E-state index contributed by atoms with van der Waals surface area (Å²) < 4.78 is 4.91. The Kier molecular flexibility index (Phi) is 11.4. The standard InChI is InChI=1S/C16H24N4O3.2ClH/c1-23-12-14(17)16(22)20-9-7-19(8-10-20)11-15(21)18-13-5-3-2-4-6-13;;/h2-6,14H,7-12,17H2,1H3,(H,18,21);2*1H. The maximum atomic E-state index is 12.1. The summed E-state index contributed by atoms with van der Waals surface area (Å²) in [5, 5.41) is 2.86. The Morgan fingerprint density at radius 2 is 1.76 bits per heavy atom. The number of halogens is 2. The van der Waals surface area contributed by atoms with Gasteiger partial charge in [-0.3, -0.25) is 14.5 Å². The molecule has 1 heterocycles. The second-order valence-corrected chi connectivity index (χ2v) is 5.58. The largest absolute Gasteiger partial charge is 0.383 e. The van der Waals surface area contributed by atoms with Gasteiger partial charge in [0, 0.05) is 39.0 Å². The molecular weight excluding hydrogens is 367 g/mol. The zero-order chi connectivity index (χ0) is 16.7. The number of amides is 2. The first-order valence-electron chi connectivity index (χ1n) is 7.70. The Morgan fingerprint density at radius 1 is 1.16 bits per heavy atom. The second kappa shape index (κ2) is 12.1. The van der Waals surface area contributed by atoms with Crippen molar-refractivity contribution < 1.29 is 14.3 Å². The van der Waals surface area contributed by atoms with Gasteiger partial charge in [0.1, 0.15) is 6.04 Å². The summed E-state index contributed by atoms with van der Waals surface area (Å²) in [5.74, 6) is -0.146. The Morgan fingerprint density at radius 3 is 2.32 bits per heavy atom. The fraction of sp³-hybridized carbons (Fsp3) is 0.500. The van der Waals surface area contributed by atoms with Gasteiger partial charge in [0.2, 0.25) is 11.8 Å². The van der Waals surface area contributed by atoms with Crippen LogP contribution in [0, 0.1) is 0 Å². The van der Waals surface area contributed by atoms with Crippen LogP contribution in [0.3, 0.4) is 0 Å². The van der Waals surface area contributed by atoms with E-state index in [1.807, 2.05) is 35.2 Å². The Bertz CT molecular complexity index is 525. The van der Waals surface area contributed by atoms with Gasteiger partial charge in [-0.2, -0.15) is 0 Å². The molecule has 0 aliphatic carbocycles. The Hall–Kier alpha value is -1.38. The molecule has 1 saturated heterocycles. The van der Waals surface area contributed by atoms with Crippen molar-refractivity contribution in [1.29, 1.82) is 0 Å². The van der Waals surface area contributed by atoms with E-state index in [0.717, 1.165) is 5.69 Å². The van der Waals surface area contributed by atoms with Crippen LogP contribution in [0.1, 0.15) is 0 Å². The lowest BCUT2D eigenvalue weighted by molar-refractivity contribution is -0.135. The fourth-order valence-electron chi connectivity index (χ4n) is 2.54. The van der Waals surface area contributed by atoms with Crippen LogP contribution in [0.4, 0.5) is 5.69 Å². The summed E-state index contributed by atoms with van der Waals surface area (Å²) >= 11 is 0. The van der Waals surface area contributed by atoms with E-state index in [4.69, 9.17) is 10.5 Å². The van der Waals surface area contributed by atoms with Gasteiger partial charge >= 0.3 is 0 Å². The van der Waals surface area contributed by atoms with E-state index in [-0.39, 0.29) is 43.2 Å². The highest BCUT2D eigenvalue weighted by Gasteiger charge is 2.25. The molecule has 7 nitrogen and oxygen atoms in total. The van der Waals surface area contributed by atoms with E-state index in [9.17, 15) is 9.59 Å². The van der Waals surface area contributed by atoms with Crippen LogP contribution in [0.15, 0.2) is 30.3 Å². The number of benzene rings is 1. The number of carbonyl (C=O) groups is 2. The van der Waals surface area contributed by atoms with Crippen molar-refractivity contribution >= 4 is 42.3 Å². The third-order valence-corrected chi connectivity index (χ3v) is 3.77. The first-order chi connectivity index (χ1) is 11.1. The van der Waals surface area contributed by atoms with Crippen LogP contribution in [-0.4, -0.2) is 74.1 Å². The number of nitrogens with zero attached hydrogens (tertiary/aromatic N) is 2. The molecule has 0 radical (unpaired) electrons. The average Bonchev–Trinajstić information content (AvgIpc) is 2.56. The number of carbonyl (C=O) groups excluding carboxylic acids is 2. The zero-order valence-electron chi connectivity index (χ0n) is 14.2. The van der Waals surface area contributed by atoms with Crippen molar-refractivity contribution in [3.8, 4) is 0 Å². The normalized spacial score (nSPS) is 15.5. The highest BCUT2D eigenvalue weighted by atomic mass is 35.5. The molecule has 1 fully saturated rings. The van der Waals surface area contributed by atoms with Gasteiger partial charge in [0.15, 0.2) is 0 Å². The molecule has 0 spiro atoms. The number of anilines is 1. The van der Waals surface area contributed by atoms with Gasteiger partial charge in [-0.25, -0.2) is 0 Å². The van der Waals surface area contributed by atoms with Gasteiger partial charge in [0.05, 0.1) is 13.2 Å². The maximum absolute atomic E-state index is 12.1. The SMILES string of the molecule is COCC(N)C(=O)N1CCN(CC(=O)Nc2ccccc2)CC1.Cl.Cl. The first kappa shape index (κ1) is 23.6. The third-order valence-electron chi connectivity index (χ3n) is 3.77. The molecule has 0 saturated carbocycles. The highest BCUT2D eigenvalue weighted by molar-refractivity contribution is 5.92. The second-order valence-electron chi connectivity index (χ2n) is 5.58. The maximum Gasteiger partial charge on any atom is 0.241 e. The number of hydrogen-bond donors (Lipinski definition) is 2. The Labute approximate surface area is 160 Å². The van der Waals surface area contributed by atoms with Crippen molar-refractivity contribution in [1.82, 2.24) is 9.80 Å². The molecule has 2 rings (SSSR count). The summed E-state index contributed by atoms with van der Waals surface area (Å²) in [7, 11) is 1.52. The zero-order valence-corrected chi connectivity index (χ0v) is 15.9. The first-order valence-corrected chi connectivity index (χ1v) is 7.70. The van der Waals surface area contributed by atoms with Crippen molar-refractivity contribution in [3.05, 3.63) is 30.3 Å². The van der Waals surface area contributed by atoms with Gasteiger partial charge in [0.25, 0.3) is 0 Å². The van der Waals surface area contributed by atoms with Crippen molar-refractivity contribution in [2.45, 2.75) is 6.04 Å². The van der Waals surface area contributed by atoms with Crippen LogP contribution in [0.2, 0.25) is 0 Å². The van der Waals surface area contributed by atoms with E-state index in [2.05, 4.69) is 5.32 Å². The van der Waals surface area contributed by atoms with Crippen LogP contribution in [-0.2, 0) is 14.3 Å². The lowest BCUT2D eigenvalue weighted by atomic mass is 10.2. The van der Waals surface area contributed by atoms with Crippen molar-refractivity contribution in [2.75, 3.05) is 51.8 Å². The topological polar surface area (TPSA) is 87.9 Å². The minimum atomic E-state index is -0.618. The molecule has 142 valence electrons. The van der Waals surface area contributed by atoms with E-state index >= 15 is 0 Å². The van der Waals surface area contributed by atoms with Crippen LogP contribution in [0.5, 0.6) is 0 Å². The molecule has 0 aromatic heterocycles. The lowest BCUT2D eigenvalue weighted by Crippen LogP contribution is -2.55.